The zero-order chi connectivity index (χ0) is 20.9. The highest BCUT2D eigenvalue weighted by Gasteiger charge is 2.33. The average molecular weight is 400 g/mol. The van der Waals surface area contributed by atoms with Crippen LogP contribution in [-0.4, -0.2) is 16.9 Å². The van der Waals surface area contributed by atoms with E-state index in [-0.39, 0.29) is 17.1 Å². The van der Waals surface area contributed by atoms with Crippen molar-refractivity contribution in [3.8, 4) is 0 Å². The van der Waals surface area contributed by atoms with Crippen LogP contribution in [0.25, 0.3) is 0 Å². The standard InChI is InChI=1S/C20H15F3N4O2/c21-20(22,23)14-7-1-2-8-15(14)26-19(29)27-17-10-4-3-9-16(17)25-18(28)13-6-5-11-24-12-13/h1-12H,(H,25,28)(H2,26,27,29). The molecule has 0 fully saturated rings. The van der Waals surface area contributed by atoms with Crippen LogP contribution in [0.2, 0.25) is 0 Å². The first-order chi connectivity index (χ1) is 13.8. The zero-order valence-electron chi connectivity index (χ0n) is 14.8. The molecule has 29 heavy (non-hydrogen) atoms. The Morgan fingerprint density at radius 2 is 1.34 bits per heavy atom. The molecule has 3 rings (SSSR count). The normalized spacial score (nSPS) is 10.9. The molecule has 9 heteroatoms. The van der Waals surface area contributed by atoms with E-state index in [0.29, 0.717) is 5.56 Å². The Balaban J connectivity index is 1.75. The third kappa shape index (κ3) is 5.10. The van der Waals surface area contributed by atoms with Gasteiger partial charge >= 0.3 is 12.2 Å². The van der Waals surface area contributed by atoms with E-state index in [4.69, 9.17) is 0 Å². The highest BCUT2D eigenvalue weighted by molar-refractivity contribution is 6.08. The first-order valence-corrected chi connectivity index (χ1v) is 8.39. The largest absolute Gasteiger partial charge is 0.418 e. The summed E-state index contributed by atoms with van der Waals surface area (Å²) in [6.07, 6.45) is -1.71. The van der Waals surface area contributed by atoms with Gasteiger partial charge in [-0.05, 0) is 36.4 Å². The van der Waals surface area contributed by atoms with Crippen molar-refractivity contribution in [3.05, 3.63) is 84.2 Å². The number of para-hydroxylation sites is 3. The van der Waals surface area contributed by atoms with Crippen molar-refractivity contribution in [2.45, 2.75) is 6.18 Å². The van der Waals surface area contributed by atoms with Gasteiger partial charge in [0, 0.05) is 12.4 Å². The monoisotopic (exact) mass is 400 g/mol. The summed E-state index contributed by atoms with van der Waals surface area (Å²) >= 11 is 0. The Bertz CT molecular complexity index is 1020. The summed E-state index contributed by atoms with van der Waals surface area (Å²) < 4.78 is 39.2. The minimum atomic E-state index is -4.61. The molecule has 2 aromatic carbocycles. The van der Waals surface area contributed by atoms with Crippen LogP contribution in [0.1, 0.15) is 15.9 Å². The van der Waals surface area contributed by atoms with Gasteiger partial charge in [0.05, 0.1) is 28.2 Å². The van der Waals surface area contributed by atoms with Crippen molar-refractivity contribution in [1.29, 1.82) is 0 Å². The number of alkyl halides is 3. The van der Waals surface area contributed by atoms with Crippen molar-refractivity contribution in [2.75, 3.05) is 16.0 Å². The number of pyridine rings is 1. The van der Waals surface area contributed by atoms with Crippen molar-refractivity contribution in [2.24, 2.45) is 0 Å². The Morgan fingerprint density at radius 1 is 0.759 bits per heavy atom. The molecule has 0 saturated heterocycles. The lowest BCUT2D eigenvalue weighted by Gasteiger charge is -2.15. The summed E-state index contributed by atoms with van der Waals surface area (Å²) in [5.74, 6) is -0.449. The number of rotatable bonds is 4. The van der Waals surface area contributed by atoms with E-state index < -0.39 is 23.7 Å². The first-order valence-electron chi connectivity index (χ1n) is 8.39. The van der Waals surface area contributed by atoms with Crippen LogP contribution in [0.5, 0.6) is 0 Å². The number of carbonyl (C=O) groups excluding carboxylic acids is 2. The molecule has 0 unspecified atom stereocenters. The number of nitrogens with zero attached hydrogens (tertiary/aromatic N) is 1. The smallest absolute Gasteiger partial charge is 0.320 e. The van der Waals surface area contributed by atoms with Gasteiger partial charge in [-0.25, -0.2) is 4.79 Å². The third-order valence-electron chi connectivity index (χ3n) is 3.83. The average Bonchev–Trinajstić information content (AvgIpc) is 2.69. The molecule has 148 valence electrons. The molecule has 0 aliphatic rings. The third-order valence-corrected chi connectivity index (χ3v) is 3.83. The molecule has 1 heterocycles. The molecule has 0 atom stereocenters. The minimum Gasteiger partial charge on any atom is -0.320 e. The topological polar surface area (TPSA) is 83.1 Å². The molecule has 0 aliphatic heterocycles. The van der Waals surface area contributed by atoms with Crippen LogP contribution < -0.4 is 16.0 Å². The Morgan fingerprint density at radius 3 is 1.97 bits per heavy atom. The fourth-order valence-corrected chi connectivity index (χ4v) is 2.51. The van der Waals surface area contributed by atoms with E-state index in [1.54, 1.807) is 30.3 Å². The van der Waals surface area contributed by atoms with Crippen molar-refractivity contribution in [3.63, 3.8) is 0 Å². The van der Waals surface area contributed by atoms with Gasteiger partial charge < -0.3 is 16.0 Å². The lowest BCUT2D eigenvalue weighted by atomic mass is 10.1. The van der Waals surface area contributed by atoms with Crippen LogP contribution >= 0.6 is 0 Å². The predicted molar refractivity (Wildman–Crippen MR) is 103 cm³/mol. The number of hydrogen-bond donors (Lipinski definition) is 3. The second-order valence-corrected chi connectivity index (χ2v) is 5.86. The summed E-state index contributed by atoms with van der Waals surface area (Å²) in [4.78, 5) is 28.4. The summed E-state index contributed by atoms with van der Waals surface area (Å²) in [5, 5.41) is 7.26. The van der Waals surface area contributed by atoms with Gasteiger partial charge in [0.1, 0.15) is 0 Å². The molecule has 0 saturated carbocycles. The molecule has 0 spiro atoms. The van der Waals surface area contributed by atoms with Crippen molar-refractivity contribution in [1.82, 2.24) is 4.98 Å². The molecule has 3 aromatic rings. The fourth-order valence-electron chi connectivity index (χ4n) is 2.51. The second kappa shape index (κ2) is 8.42. The zero-order valence-corrected chi connectivity index (χ0v) is 14.8. The summed E-state index contributed by atoms with van der Waals surface area (Å²) in [6, 6.07) is 13.2. The molecular formula is C20H15F3N4O2. The number of aromatic nitrogens is 1. The van der Waals surface area contributed by atoms with Crippen LogP contribution in [-0.2, 0) is 6.18 Å². The molecule has 3 N–H and O–H groups in total. The number of halogens is 3. The summed E-state index contributed by atoms with van der Waals surface area (Å²) in [6.45, 7) is 0. The van der Waals surface area contributed by atoms with Crippen molar-refractivity contribution >= 4 is 29.0 Å². The number of urea groups is 1. The molecule has 0 aliphatic carbocycles. The molecule has 6 nitrogen and oxygen atoms in total. The molecule has 1 aromatic heterocycles. The van der Waals surface area contributed by atoms with Crippen molar-refractivity contribution < 1.29 is 22.8 Å². The van der Waals surface area contributed by atoms with Crippen LogP contribution in [0.3, 0.4) is 0 Å². The van der Waals surface area contributed by atoms with Crippen LogP contribution in [0, 0.1) is 0 Å². The Labute approximate surface area is 163 Å². The maximum atomic E-state index is 13.1. The summed E-state index contributed by atoms with van der Waals surface area (Å²) in [7, 11) is 0. The van der Waals surface area contributed by atoms with E-state index in [0.717, 1.165) is 12.1 Å². The minimum absolute atomic E-state index is 0.215. The van der Waals surface area contributed by atoms with Gasteiger partial charge in [-0.2, -0.15) is 13.2 Å². The molecular weight excluding hydrogens is 385 g/mol. The molecule has 3 amide bonds. The first kappa shape index (κ1) is 19.9. The number of anilines is 3. The lowest BCUT2D eigenvalue weighted by Crippen LogP contribution is -2.23. The fraction of sp³-hybridized carbons (Fsp3) is 0.0500. The van der Waals surface area contributed by atoms with Gasteiger partial charge in [0.25, 0.3) is 5.91 Å². The highest BCUT2D eigenvalue weighted by atomic mass is 19.4. The predicted octanol–water partition coefficient (Wildman–Crippen LogP) is 5.00. The molecule has 0 radical (unpaired) electrons. The van der Waals surface area contributed by atoms with Crippen LogP contribution in [0.4, 0.5) is 35.0 Å². The van der Waals surface area contributed by atoms with Gasteiger partial charge in [-0.15, -0.1) is 0 Å². The van der Waals surface area contributed by atoms with Gasteiger partial charge in [-0.3, -0.25) is 9.78 Å². The highest BCUT2D eigenvalue weighted by Crippen LogP contribution is 2.34. The maximum absolute atomic E-state index is 13.1. The Hall–Kier alpha value is -3.88. The van der Waals surface area contributed by atoms with Gasteiger partial charge in [0.2, 0.25) is 0 Å². The lowest BCUT2D eigenvalue weighted by molar-refractivity contribution is -0.136. The number of amides is 3. The van der Waals surface area contributed by atoms with E-state index in [1.807, 2.05) is 0 Å². The van der Waals surface area contributed by atoms with E-state index in [2.05, 4.69) is 20.9 Å². The van der Waals surface area contributed by atoms with E-state index >= 15 is 0 Å². The Kier molecular flexibility index (Phi) is 5.77. The van der Waals surface area contributed by atoms with Gasteiger partial charge in [0.15, 0.2) is 0 Å². The number of carbonyl (C=O) groups is 2. The van der Waals surface area contributed by atoms with Crippen LogP contribution in [0.15, 0.2) is 73.1 Å². The number of nitrogens with one attached hydrogen (secondary N) is 3. The molecule has 0 bridgehead atoms. The van der Waals surface area contributed by atoms with E-state index in [1.165, 1.54) is 30.6 Å². The van der Waals surface area contributed by atoms with E-state index in [9.17, 15) is 22.8 Å². The quantitative estimate of drug-likeness (QED) is 0.577. The number of benzene rings is 2. The van der Waals surface area contributed by atoms with Gasteiger partial charge in [-0.1, -0.05) is 24.3 Å². The summed E-state index contributed by atoms with van der Waals surface area (Å²) in [5.41, 5.74) is -0.541. The second-order valence-electron chi connectivity index (χ2n) is 5.86. The SMILES string of the molecule is O=C(Nc1ccccc1NC(=O)c1cccnc1)Nc1ccccc1C(F)(F)F. The maximum Gasteiger partial charge on any atom is 0.418 e. The number of hydrogen-bond acceptors (Lipinski definition) is 3.